The molecule has 210 valence electrons. The molecule has 39 heavy (non-hydrogen) atoms. The third-order valence-corrected chi connectivity index (χ3v) is 9.57. The second-order valence-electron chi connectivity index (χ2n) is 10.5. The van der Waals surface area contributed by atoms with E-state index in [0.717, 1.165) is 48.2 Å². The number of rotatable bonds is 8. The summed E-state index contributed by atoms with van der Waals surface area (Å²) in [6.07, 6.45) is 8.30. The second-order valence-corrected chi connectivity index (χ2v) is 12.6. The maximum absolute atomic E-state index is 12.8. The van der Waals surface area contributed by atoms with Gasteiger partial charge in [0.1, 0.15) is 0 Å². The molecule has 5 rings (SSSR count). The zero-order chi connectivity index (χ0) is 27.6. The van der Waals surface area contributed by atoms with Gasteiger partial charge in [-0.05, 0) is 88.5 Å². The standard InChI is InChI=1S/C27H37N7O4S/c1-18-12-20(13-19(2)24(18)15-31-39(35,36)23-6-10-37-11-7-23)25-16-29-26(28)27(32-25)38-22-14-30-34(17-22)21-4-8-33(3)9-5-21/h12-14,16-17,21,23,31H,4-11,15H2,1-3H3,(H2,28,29). The topological polar surface area (TPSA) is 137 Å². The first-order chi connectivity index (χ1) is 18.7. The Morgan fingerprint density at radius 3 is 2.49 bits per heavy atom. The second kappa shape index (κ2) is 11.6. The smallest absolute Gasteiger partial charge is 0.263 e. The highest BCUT2D eigenvalue weighted by Gasteiger charge is 2.27. The molecule has 12 heteroatoms. The van der Waals surface area contributed by atoms with E-state index in [1.807, 2.05) is 36.9 Å². The van der Waals surface area contributed by atoms with Crippen molar-refractivity contribution in [3.63, 3.8) is 0 Å². The van der Waals surface area contributed by atoms with E-state index in [-0.39, 0.29) is 18.2 Å². The molecule has 0 atom stereocenters. The van der Waals surface area contributed by atoms with Crippen LogP contribution >= 0.6 is 0 Å². The van der Waals surface area contributed by atoms with E-state index >= 15 is 0 Å². The van der Waals surface area contributed by atoms with Crippen LogP contribution in [-0.4, -0.2) is 71.7 Å². The number of hydrogen-bond donors (Lipinski definition) is 2. The van der Waals surface area contributed by atoms with Gasteiger partial charge in [-0.2, -0.15) is 5.10 Å². The van der Waals surface area contributed by atoms with Crippen molar-refractivity contribution >= 4 is 15.8 Å². The van der Waals surface area contributed by atoms with Crippen molar-refractivity contribution in [2.24, 2.45) is 0 Å². The van der Waals surface area contributed by atoms with Crippen LogP contribution in [0.25, 0.3) is 11.3 Å². The Kier molecular flexibility index (Phi) is 8.17. The first-order valence-corrected chi connectivity index (χ1v) is 14.9. The van der Waals surface area contributed by atoms with E-state index in [0.29, 0.717) is 43.5 Å². The number of anilines is 1. The third-order valence-electron chi connectivity index (χ3n) is 7.67. The van der Waals surface area contributed by atoms with Gasteiger partial charge in [0.2, 0.25) is 10.0 Å². The van der Waals surface area contributed by atoms with Crippen molar-refractivity contribution in [1.29, 1.82) is 0 Å². The van der Waals surface area contributed by atoms with E-state index in [4.69, 9.17) is 15.2 Å². The van der Waals surface area contributed by atoms with Gasteiger partial charge in [0, 0.05) is 25.3 Å². The first-order valence-electron chi connectivity index (χ1n) is 13.4. The minimum atomic E-state index is -3.42. The Balaban J connectivity index is 1.30. The summed E-state index contributed by atoms with van der Waals surface area (Å²) < 4.78 is 41.6. The number of aryl methyl sites for hydroxylation is 2. The van der Waals surface area contributed by atoms with E-state index in [1.54, 1.807) is 12.4 Å². The lowest BCUT2D eigenvalue weighted by molar-refractivity contribution is 0.0981. The van der Waals surface area contributed by atoms with Crippen LogP contribution in [0.4, 0.5) is 5.82 Å². The highest BCUT2D eigenvalue weighted by molar-refractivity contribution is 7.90. The van der Waals surface area contributed by atoms with Gasteiger partial charge in [-0.25, -0.2) is 23.1 Å². The molecule has 0 amide bonds. The van der Waals surface area contributed by atoms with Crippen LogP contribution in [-0.2, 0) is 21.3 Å². The van der Waals surface area contributed by atoms with Crippen molar-refractivity contribution in [3.8, 4) is 22.9 Å². The highest BCUT2D eigenvalue weighted by atomic mass is 32.2. The molecule has 2 aliphatic heterocycles. The van der Waals surface area contributed by atoms with Crippen molar-refractivity contribution in [1.82, 2.24) is 29.4 Å². The molecule has 0 unspecified atom stereocenters. The lowest BCUT2D eigenvalue weighted by Gasteiger charge is -2.28. The Morgan fingerprint density at radius 1 is 1.10 bits per heavy atom. The highest BCUT2D eigenvalue weighted by Crippen LogP contribution is 2.30. The Labute approximate surface area is 229 Å². The van der Waals surface area contributed by atoms with Crippen molar-refractivity contribution in [2.75, 3.05) is 39.1 Å². The molecule has 0 saturated carbocycles. The average Bonchev–Trinajstić information content (AvgIpc) is 3.39. The van der Waals surface area contributed by atoms with Crippen LogP contribution in [0.5, 0.6) is 11.6 Å². The Morgan fingerprint density at radius 2 is 1.79 bits per heavy atom. The summed E-state index contributed by atoms with van der Waals surface area (Å²) in [5.41, 5.74) is 10.4. The van der Waals surface area contributed by atoms with Crippen molar-refractivity contribution in [2.45, 2.75) is 57.4 Å². The number of nitrogens with zero attached hydrogens (tertiary/aromatic N) is 5. The molecule has 0 radical (unpaired) electrons. The van der Waals surface area contributed by atoms with Gasteiger partial charge in [0.05, 0.1) is 35.6 Å². The predicted octanol–water partition coefficient (Wildman–Crippen LogP) is 3.20. The van der Waals surface area contributed by atoms with Crippen molar-refractivity contribution < 1.29 is 17.9 Å². The number of sulfonamides is 1. The van der Waals surface area contributed by atoms with Gasteiger partial charge in [0.25, 0.3) is 5.88 Å². The van der Waals surface area contributed by atoms with Crippen LogP contribution in [0.2, 0.25) is 0 Å². The molecule has 0 bridgehead atoms. The van der Waals surface area contributed by atoms with Gasteiger partial charge in [0.15, 0.2) is 11.6 Å². The number of aromatic nitrogens is 4. The summed E-state index contributed by atoms with van der Waals surface area (Å²) in [5, 5.41) is 4.09. The summed E-state index contributed by atoms with van der Waals surface area (Å²) in [6, 6.07) is 4.30. The van der Waals surface area contributed by atoms with Gasteiger partial charge >= 0.3 is 0 Å². The molecule has 2 aromatic heterocycles. The predicted molar refractivity (Wildman–Crippen MR) is 149 cm³/mol. The number of hydrogen-bond acceptors (Lipinski definition) is 9. The van der Waals surface area contributed by atoms with E-state index < -0.39 is 15.3 Å². The number of piperidine rings is 1. The molecular formula is C27H37N7O4S. The molecule has 3 N–H and O–H groups in total. The third kappa shape index (κ3) is 6.40. The van der Waals surface area contributed by atoms with Gasteiger partial charge < -0.3 is 20.1 Å². The number of nitrogens with two attached hydrogens (primary N) is 1. The maximum Gasteiger partial charge on any atom is 0.263 e. The summed E-state index contributed by atoms with van der Waals surface area (Å²) >= 11 is 0. The minimum Gasteiger partial charge on any atom is -0.433 e. The Hall–Kier alpha value is -3.06. The summed E-state index contributed by atoms with van der Waals surface area (Å²) in [6.45, 7) is 7.21. The molecular weight excluding hydrogens is 518 g/mol. The van der Waals surface area contributed by atoms with E-state index in [9.17, 15) is 8.42 Å². The number of benzene rings is 1. The van der Waals surface area contributed by atoms with Crippen LogP contribution < -0.4 is 15.2 Å². The van der Waals surface area contributed by atoms with Gasteiger partial charge in [-0.3, -0.25) is 4.68 Å². The SMILES string of the molecule is Cc1cc(-c2cnc(N)c(Oc3cnn(C4CCN(C)CC4)c3)n2)cc(C)c1CNS(=O)(=O)C1CCOCC1. The zero-order valence-corrected chi connectivity index (χ0v) is 23.6. The van der Waals surface area contributed by atoms with Crippen molar-refractivity contribution in [3.05, 3.63) is 47.4 Å². The average molecular weight is 556 g/mol. The minimum absolute atomic E-state index is 0.193. The van der Waals surface area contributed by atoms with E-state index in [1.165, 1.54) is 0 Å². The number of likely N-dealkylation sites (tertiary alicyclic amines) is 1. The summed E-state index contributed by atoms with van der Waals surface area (Å²) in [5.74, 6) is 0.976. The lowest BCUT2D eigenvalue weighted by atomic mass is 9.98. The molecule has 0 aliphatic carbocycles. The molecule has 3 aromatic rings. The fraction of sp³-hybridized carbons (Fsp3) is 0.519. The summed E-state index contributed by atoms with van der Waals surface area (Å²) in [7, 11) is -1.28. The monoisotopic (exact) mass is 555 g/mol. The largest absolute Gasteiger partial charge is 0.433 e. The molecule has 2 fully saturated rings. The van der Waals surface area contributed by atoms with Crippen LogP contribution in [0.3, 0.4) is 0 Å². The van der Waals surface area contributed by atoms with Gasteiger partial charge in [-0.1, -0.05) is 0 Å². The molecule has 2 aliphatic rings. The molecule has 1 aromatic carbocycles. The quantitative estimate of drug-likeness (QED) is 0.429. The van der Waals surface area contributed by atoms with Gasteiger partial charge in [-0.15, -0.1) is 0 Å². The zero-order valence-electron chi connectivity index (χ0n) is 22.8. The fourth-order valence-corrected chi connectivity index (χ4v) is 6.63. The van der Waals surface area contributed by atoms with Crippen LogP contribution in [0.15, 0.2) is 30.7 Å². The number of nitrogen functional groups attached to an aromatic ring is 1. The molecule has 11 nitrogen and oxygen atoms in total. The normalized spacial score (nSPS) is 17.9. The fourth-order valence-electron chi connectivity index (χ4n) is 5.24. The van der Waals surface area contributed by atoms with Crippen LogP contribution in [0.1, 0.15) is 48.4 Å². The number of ether oxygens (including phenoxy) is 2. The number of nitrogens with one attached hydrogen (secondary N) is 1. The summed E-state index contributed by atoms with van der Waals surface area (Å²) in [4.78, 5) is 11.3. The first kappa shape index (κ1) is 27.5. The maximum atomic E-state index is 12.8. The molecule has 2 saturated heterocycles. The molecule has 4 heterocycles. The van der Waals surface area contributed by atoms with E-state index in [2.05, 4.69) is 31.7 Å². The Bertz CT molecular complexity index is 1390. The van der Waals surface area contributed by atoms with Crippen LogP contribution in [0, 0.1) is 13.8 Å². The lowest BCUT2D eigenvalue weighted by Crippen LogP contribution is -2.37. The molecule has 0 spiro atoms.